The van der Waals surface area contributed by atoms with Gasteiger partial charge in [0.2, 0.25) is 27.7 Å². The van der Waals surface area contributed by atoms with Gasteiger partial charge < -0.3 is 25.7 Å². The highest BCUT2D eigenvalue weighted by molar-refractivity contribution is 7.91. The van der Waals surface area contributed by atoms with Gasteiger partial charge >= 0.3 is 6.18 Å². The van der Waals surface area contributed by atoms with E-state index in [1.54, 1.807) is 32.2 Å². The van der Waals surface area contributed by atoms with E-state index in [0.717, 1.165) is 53.9 Å². The lowest BCUT2D eigenvalue weighted by molar-refractivity contribution is -0.138. The van der Waals surface area contributed by atoms with Crippen LogP contribution >= 0.6 is 0 Å². The van der Waals surface area contributed by atoms with E-state index in [1.807, 2.05) is 48.6 Å². The van der Waals surface area contributed by atoms with Crippen molar-refractivity contribution in [3.63, 3.8) is 0 Å². The molecule has 3 amide bonds. The third kappa shape index (κ3) is 11.4. The zero-order valence-electron chi connectivity index (χ0n) is 34.2. The van der Waals surface area contributed by atoms with E-state index >= 15 is 0 Å². The van der Waals surface area contributed by atoms with Crippen molar-refractivity contribution in [1.82, 2.24) is 14.6 Å². The van der Waals surface area contributed by atoms with Gasteiger partial charge in [-0.3, -0.25) is 23.9 Å². The number of carbonyl (C=O) groups excluding carboxylic acids is 3. The first kappa shape index (κ1) is 44.9. The number of unbranched alkanes of at least 4 members (excludes halogenated alkanes) is 3. The van der Waals surface area contributed by atoms with Gasteiger partial charge in [0.15, 0.2) is 5.43 Å². The van der Waals surface area contributed by atoms with Crippen LogP contribution in [0.3, 0.4) is 0 Å². The number of benzene rings is 3. The average Bonchev–Trinajstić information content (AvgIpc) is 4.14. The molecule has 0 bridgehead atoms. The second kappa shape index (κ2) is 19.0. The van der Waals surface area contributed by atoms with Crippen LogP contribution in [0.4, 0.5) is 18.9 Å². The number of rotatable bonds is 16. The second-order valence-corrected chi connectivity index (χ2v) is 18.4. The molecule has 1 aliphatic heterocycles. The number of methoxy groups -OCH3 is 1. The molecule has 2 aliphatic carbocycles. The van der Waals surface area contributed by atoms with Gasteiger partial charge in [0.05, 0.1) is 22.9 Å². The number of sulfonamides is 1. The van der Waals surface area contributed by atoms with Crippen LogP contribution in [0.25, 0.3) is 22.2 Å². The third-order valence-electron chi connectivity index (χ3n) is 11.6. The van der Waals surface area contributed by atoms with Crippen LogP contribution < -0.4 is 25.9 Å². The fourth-order valence-corrected chi connectivity index (χ4v) is 8.77. The molecule has 3 aliphatic rings. The molecule has 12 nitrogen and oxygen atoms in total. The molecular formula is C45H52F3N5O7S. The highest BCUT2D eigenvalue weighted by Gasteiger charge is 2.52. The predicted octanol–water partition coefficient (Wildman–Crippen LogP) is 7.31. The number of nitrogens with two attached hydrogens (primary N) is 1. The van der Waals surface area contributed by atoms with Crippen LogP contribution in [0.2, 0.25) is 0 Å². The number of aromatic nitrogens is 1. The number of anilines is 1. The Morgan fingerprint density at radius 3 is 2.46 bits per heavy atom. The molecule has 2 unspecified atom stereocenters. The average molecular weight is 864 g/mol. The minimum Gasteiger partial charge on any atom is -0.497 e. The topological polar surface area (TPSA) is 181 Å². The summed E-state index contributed by atoms with van der Waals surface area (Å²) in [5.74, 6) is -0.984. The Morgan fingerprint density at radius 1 is 1.02 bits per heavy atom. The fraction of sp³-hybridized carbons (Fsp3) is 0.422. The highest BCUT2D eigenvalue weighted by atomic mass is 32.2. The summed E-state index contributed by atoms with van der Waals surface area (Å²) in [4.78, 5) is 54.4. The summed E-state index contributed by atoms with van der Waals surface area (Å²) in [5, 5.41) is 3.63. The molecule has 2 saturated carbocycles. The summed E-state index contributed by atoms with van der Waals surface area (Å²) >= 11 is 0. The van der Waals surface area contributed by atoms with Gasteiger partial charge in [0, 0.05) is 41.4 Å². The molecule has 16 heteroatoms. The summed E-state index contributed by atoms with van der Waals surface area (Å²) in [6.07, 6.45) is 5.48. The molecule has 2 heterocycles. The number of alkyl halides is 3. The molecule has 7 rings (SSSR count). The molecule has 4 atom stereocenters. The van der Waals surface area contributed by atoms with E-state index in [4.69, 9.17) is 10.5 Å². The van der Waals surface area contributed by atoms with Crippen molar-refractivity contribution in [2.24, 2.45) is 17.6 Å². The number of halogens is 3. The largest absolute Gasteiger partial charge is 0.497 e. The van der Waals surface area contributed by atoms with Crippen LogP contribution in [0.5, 0.6) is 5.75 Å². The van der Waals surface area contributed by atoms with Gasteiger partial charge in [-0.15, -0.1) is 0 Å². The minimum absolute atomic E-state index is 0.00950. The molecule has 3 fully saturated rings. The van der Waals surface area contributed by atoms with E-state index in [2.05, 4.69) is 15.0 Å². The van der Waals surface area contributed by atoms with Gasteiger partial charge in [-0.05, 0) is 100 Å². The highest BCUT2D eigenvalue weighted by Crippen LogP contribution is 2.44. The Bertz CT molecular complexity index is 2420. The van der Waals surface area contributed by atoms with Crippen molar-refractivity contribution in [1.29, 1.82) is 0 Å². The molecule has 0 radical (unpaired) electrons. The smallest absolute Gasteiger partial charge is 0.416 e. The quantitative estimate of drug-likeness (QED) is 0.0669. The van der Waals surface area contributed by atoms with Crippen LogP contribution in [0.15, 0.2) is 95.8 Å². The Balaban J connectivity index is 0.000000270. The number of nitrogens with one attached hydrogen (secondary N) is 3. The van der Waals surface area contributed by atoms with Gasteiger partial charge in [-0.2, -0.15) is 13.2 Å². The maximum atomic E-state index is 13.4. The summed E-state index contributed by atoms with van der Waals surface area (Å²) in [7, 11) is -2.02. The third-order valence-corrected chi connectivity index (χ3v) is 13.8. The van der Waals surface area contributed by atoms with Gasteiger partial charge in [-0.1, -0.05) is 61.4 Å². The summed E-state index contributed by atoms with van der Waals surface area (Å²) in [5.41, 5.74) is 7.42. The molecule has 1 saturated heterocycles. The first-order chi connectivity index (χ1) is 29.0. The molecule has 4 aromatic rings. The number of carbonyl (C=O) groups is 3. The number of hydrogen-bond acceptors (Lipinski definition) is 8. The molecule has 61 heavy (non-hydrogen) atoms. The van der Waals surface area contributed by atoms with Crippen molar-refractivity contribution in [2.45, 2.75) is 94.1 Å². The van der Waals surface area contributed by atoms with Crippen LogP contribution in [0, 0.1) is 11.8 Å². The number of primary amides is 1. The lowest BCUT2D eigenvalue weighted by atomic mass is 10.0. The Hall–Kier alpha value is -5.64. The number of nitrogens with zero attached hydrogens (tertiary/aromatic N) is 1. The van der Waals surface area contributed by atoms with E-state index in [-0.39, 0.29) is 28.9 Å². The number of likely N-dealkylation sites (tertiary alicyclic amines) is 1. The van der Waals surface area contributed by atoms with Gasteiger partial charge in [-0.25, -0.2) is 8.42 Å². The van der Waals surface area contributed by atoms with Crippen LogP contribution in [-0.4, -0.2) is 66.5 Å². The SMILES string of the molecule is CC1(S(=O)(=O)NC(=O)C2CC2/C=C\CCCCC[C@H](Nc2cccc(C(F)(F)F)c2)C(=O)N2CCC[C@H]2C(N)=O)CC1.COc1ccc2c(=O)cc(-c3ccccc3)[nH]c2c1. The molecule has 3 aromatic carbocycles. The number of pyridine rings is 1. The summed E-state index contributed by atoms with van der Waals surface area (Å²) in [6, 6.07) is 20.0. The number of ether oxygens (including phenoxy) is 1. The van der Waals surface area contributed by atoms with E-state index in [0.29, 0.717) is 56.9 Å². The standard InChI is InChI=1S/C29H39F3N4O5S.C16H13NO2/c1-28(14-15-28)42(40,41)35-26(38)22-17-19(22)9-5-3-2-4-6-12-23(27(39)36-16-8-13-24(36)25(33)37)34-21-11-7-10-20(18-21)29(30,31)32;1-19-12-7-8-13-15(9-12)17-14(10-16(13)18)11-5-3-2-4-6-11/h5,7,9-11,18-19,22-24,34H,2-4,6,8,12-17H2,1H3,(H2,33,37)(H,35,38);2-10H,1H3,(H,17,18)/b9-5-;/t19?,22?,23-,24-;/m0./s1. The number of amides is 3. The first-order valence-corrected chi connectivity index (χ1v) is 22.0. The summed E-state index contributed by atoms with van der Waals surface area (Å²) in [6.45, 7) is 2.00. The zero-order chi connectivity index (χ0) is 44.0. The van der Waals surface area contributed by atoms with E-state index in [1.165, 1.54) is 17.0 Å². The Kier molecular flexibility index (Phi) is 14.0. The predicted molar refractivity (Wildman–Crippen MR) is 228 cm³/mol. The molecule has 1 aromatic heterocycles. The summed E-state index contributed by atoms with van der Waals surface area (Å²) < 4.78 is 70.7. The van der Waals surface area contributed by atoms with Crippen LogP contribution in [0.1, 0.15) is 76.7 Å². The van der Waals surface area contributed by atoms with E-state index in [9.17, 15) is 40.8 Å². The number of hydrogen-bond donors (Lipinski definition) is 4. The second-order valence-electron chi connectivity index (χ2n) is 16.2. The molecule has 326 valence electrons. The van der Waals surface area contributed by atoms with E-state index < -0.39 is 50.4 Å². The fourth-order valence-electron chi connectivity index (χ4n) is 7.47. The number of H-pyrrole nitrogens is 1. The normalized spacial score (nSPS) is 19.8. The molecule has 0 spiro atoms. The van der Waals surface area contributed by atoms with Crippen molar-refractivity contribution < 1.29 is 40.7 Å². The lowest BCUT2D eigenvalue weighted by Crippen LogP contribution is -2.49. The molecular weight excluding hydrogens is 812 g/mol. The van der Waals surface area contributed by atoms with Crippen molar-refractivity contribution >= 4 is 44.3 Å². The lowest BCUT2D eigenvalue weighted by Gasteiger charge is -2.28. The number of fused-ring (bicyclic) bond motifs is 1. The number of allylic oxidation sites excluding steroid dienone is 2. The maximum Gasteiger partial charge on any atom is 0.416 e. The van der Waals surface area contributed by atoms with Crippen molar-refractivity contribution in [3.05, 3.63) is 107 Å². The van der Waals surface area contributed by atoms with Crippen LogP contribution in [-0.2, 0) is 30.6 Å². The maximum absolute atomic E-state index is 13.4. The monoisotopic (exact) mass is 863 g/mol. The zero-order valence-corrected chi connectivity index (χ0v) is 35.0. The van der Waals surface area contributed by atoms with Gasteiger partial charge in [0.1, 0.15) is 17.8 Å². The first-order valence-electron chi connectivity index (χ1n) is 20.5. The minimum atomic E-state index is -4.52. The Morgan fingerprint density at radius 2 is 1.77 bits per heavy atom. The van der Waals surface area contributed by atoms with Crippen molar-refractivity contribution in [3.8, 4) is 17.0 Å². The molecule has 5 N–H and O–H groups in total. The Labute approximate surface area is 353 Å². The number of aromatic amines is 1. The van der Waals surface area contributed by atoms with Gasteiger partial charge in [0.25, 0.3) is 0 Å². The van der Waals surface area contributed by atoms with Crippen molar-refractivity contribution in [2.75, 3.05) is 19.0 Å².